The maximum Gasteiger partial charge on any atom is 0.0599 e. The van der Waals surface area contributed by atoms with Crippen molar-refractivity contribution in [3.8, 4) is 0 Å². The molecule has 0 bridgehead atoms. The highest BCUT2D eigenvalue weighted by molar-refractivity contribution is 5.07. The van der Waals surface area contributed by atoms with Crippen LogP contribution in [0.5, 0.6) is 0 Å². The first-order chi connectivity index (χ1) is 6.66. The summed E-state index contributed by atoms with van der Waals surface area (Å²) in [5, 5.41) is 10.2. The zero-order valence-electron chi connectivity index (χ0n) is 9.37. The van der Waals surface area contributed by atoms with Gasteiger partial charge in [0.1, 0.15) is 0 Å². The number of allylic oxidation sites excluding steroid dienone is 2. The van der Waals surface area contributed by atoms with Crippen LogP contribution >= 0.6 is 0 Å². The second kappa shape index (κ2) is 4.06. The molecule has 1 fully saturated rings. The molecule has 14 heavy (non-hydrogen) atoms. The number of rotatable bonds is 2. The molecule has 0 heterocycles. The number of aliphatic hydroxyl groups excluding tert-OH is 1. The van der Waals surface area contributed by atoms with Crippen molar-refractivity contribution in [3.63, 3.8) is 0 Å². The van der Waals surface area contributed by atoms with Gasteiger partial charge in [0.2, 0.25) is 0 Å². The molecule has 2 rings (SSSR count). The maximum atomic E-state index is 10.2. The topological polar surface area (TPSA) is 20.2 Å². The number of hydrogen-bond donors (Lipinski definition) is 1. The molecule has 3 atom stereocenters. The second-order valence-corrected chi connectivity index (χ2v) is 5.37. The Kier molecular flexibility index (Phi) is 2.96. The van der Waals surface area contributed by atoms with Gasteiger partial charge in [-0.3, -0.25) is 0 Å². The fourth-order valence-electron chi connectivity index (χ4n) is 3.02. The number of aliphatic hydroxyl groups is 1. The molecule has 0 amide bonds. The van der Waals surface area contributed by atoms with E-state index in [4.69, 9.17) is 0 Å². The number of hydrogen-bond acceptors (Lipinski definition) is 1. The predicted octanol–water partition coefficient (Wildman–Crippen LogP) is 3.14. The third kappa shape index (κ3) is 2.03. The quantitative estimate of drug-likeness (QED) is 0.670. The van der Waals surface area contributed by atoms with E-state index in [1.54, 1.807) is 0 Å². The molecule has 0 radical (unpaired) electrons. The Morgan fingerprint density at radius 2 is 2.07 bits per heavy atom. The van der Waals surface area contributed by atoms with E-state index >= 15 is 0 Å². The van der Waals surface area contributed by atoms with E-state index in [-0.39, 0.29) is 6.10 Å². The molecule has 0 aliphatic heterocycles. The first kappa shape index (κ1) is 10.2. The summed E-state index contributed by atoms with van der Waals surface area (Å²) >= 11 is 0. The smallest absolute Gasteiger partial charge is 0.0599 e. The Labute approximate surface area is 87.2 Å². The van der Waals surface area contributed by atoms with Gasteiger partial charge >= 0.3 is 0 Å². The molecular weight excluding hydrogens is 172 g/mol. The van der Waals surface area contributed by atoms with Crippen LogP contribution in [-0.4, -0.2) is 11.2 Å². The highest BCUT2D eigenvalue weighted by Crippen LogP contribution is 2.38. The van der Waals surface area contributed by atoms with E-state index in [1.807, 2.05) is 0 Å². The third-order valence-electron chi connectivity index (χ3n) is 3.94. The molecule has 2 aliphatic rings. The standard InChI is InChI=1S/C13H22O/c1-9-6-10(2)8-12(7-9)13(14)11-4-3-5-11/h6,9,11-14H,3-5,7-8H2,1-2H3. The lowest BCUT2D eigenvalue weighted by molar-refractivity contribution is 0.00659. The van der Waals surface area contributed by atoms with Crippen molar-refractivity contribution in [2.24, 2.45) is 17.8 Å². The van der Waals surface area contributed by atoms with Crippen molar-refractivity contribution < 1.29 is 5.11 Å². The molecule has 0 aromatic heterocycles. The minimum Gasteiger partial charge on any atom is -0.393 e. The lowest BCUT2D eigenvalue weighted by Crippen LogP contribution is -2.35. The minimum absolute atomic E-state index is 0.0187. The van der Waals surface area contributed by atoms with Crippen molar-refractivity contribution in [2.75, 3.05) is 0 Å². The summed E-state index contributed by atoms with van der Waals surface area (Å²) in [6.45, 7) is 4.47. The summed E-state index contributed by atoms with van der Waals surface area (Å²) in [5.41, 5.74) is 1.48. The molecule has 80 valence electrons. The third-order valence-corrected chi connectivity index (χ3v) is 3.94. The Hall–Kier alpha value is -0.300. The van der Waals surface area contributed by atoms with Crippen LogP contribution < -0.4 is 0 Å². The summed E-state index contributed by atoms with van der Waals surface area (Å²) < 4.78 is 0. The van der Waals surface area contributed by atoms with Crippen LogP contribution in [0.15, 0.2) is 11.6 Å². The Bertz CT molecular complexity index is 227. The lowest BCUT2D eigenvalue weighted by atomic mass is 9.71. The normalized spacial score (nSPS) is 36.1. The van der Waals surface area contributed by atoms with Crippen molar-refractivity contribution in [1.29, 1.82) is 0 Å². The molecule has 0 spiro atoms. The molecule has 0 aromatic carbocycles. The van der Waals surface area contributed by atoms with Gasteiger partial charge in [-0.05, 0) is 50.4 Å². The second-order valence-electron chi connectivity index (χ2n) is 5.37. The van der Waals surface area contributed by atoms with Crippen LogP contribution in [0.4, 0.5) is 0 Å². The van der Waals surface area contributed by atoms with Crippen LogP contribution in [0.1, 0.15) is 46.0 Å². The summed E-state index contributed by atoms with van der Waals surface area (Å²) in [6, 6.07) is 0. The summed E-state index contributed by atoms with van der Waals surface area (Å²) in [4.78, 5) is 0. The molecule has 1 N–H and O–H groups in total. The van der Waals surface area contributed by atoms with E-state index in [0.717, 1.165) is 6.42 Å². The van der Waals surface area contributed by atoms with Gasteiger partial charge in [0.05, 0.1) is 6.10 Å². The van der Waals surface area contributed by atoms with Crippen LogP contribution in [0.25, 0.3) is 0 Å². The molecule has 1 nitrogen and oxygen atoms in total. The average Bonchev–Trinajstić information content (AvgIpc) is 1.98. The maximum absolute atomic E-state index is 10.2. The summed E-state index contributed by atoms with van der Waals surface area (Å²) in [5.74, 6) is 1.84. The van der Waals surface area contributed by atoms with Crippen LogP contribution in [0.3, 0.4) is 0 Å². The first-order valence-corrected chi connectivity index (χ1v) is 6.02. The van der Waals surface area contributed by atoms with Crippen LogP contribution in [0.2, 0.25) is 0 Å². The summed E-state index contributed by atoms with van der Waals surface area (Å²) in [7, 11) is 0. The zero-order valence-corrected chi connectivity index (χ0v) is 9.37. The van der Waals surface area contributed by atoms with Gasteiger partial charge in [-0.1, -0.05) is 25.0 Å². The van der Waals surface area contributed by atoms with Crippen LogP contribution in [-0.2, 0) is 0 Å². The predicted molar refractivity (Wildman–Crippen MR) is 59.0 cm³/mol. The average molecular weight is 194 g/mol. The van der Waals surface area contributed by atoms with Crippen molar-refractivity contribution in [1.82, 2.24) is 0 Å². The Morgan fingerprint density at radius 1 is 1.36 bits per heavy atom. The molecular formula is C13H22O. The molecule has 0 saturated heterocycles. The highest BCUT2D eigenvalue weighted by Gasteiger charge is 2.33. The molecule has 0 aromatic rings. The Balaban J connectivity index is 1.94. The Morgan fingerprint density at radius 3 is 2.57 bits per heavy atom. The first-order valence-electron chi connectivity index (χ1n) is 6.02. The van der Waals surface area contributed by atoms with Gasteiger partial charge in [0.25, 0.3) is 0 Å². The van der Waals surface area contributed by atoms with Gasteiger partial charge in [0.15, 0.2) is 0 Å². The highest BCUT2D eigenvalue weighted by atomic mass is 16.3. The SMILES string of the molecule is CC1=CC(C)CC(C(O)C2CCC2)C1. The van der Waals surface area contributed by atoms with Gasteiger partial charge < -0.3 is 5.11 Å². The lowest BCUT2D eigenvalue weighted by Gasteiger charge is -2.38. The molecule has 3 unspecified atom stereocenters. The largest absolute Gasteiger partial charge is 0.393 e. The van der Waals surface area contributed by atoms with E-state index in [0.29, 0.717) is 17.8 Å². The van der Waals surface area contributed by atoms with E-state index in [2.05, 4.69) is 19.9 Å². The van der Waals surface area contributed by atoms with E-state index in [9.17, 15) is 5.11 Å². The van der Waals surface area contributed by atoms with Crippen LogP contribution in [0, 0.1) is 17.8 Å². The fourth-order valence-corrected chi connectivity index (χ4v) is 3.02. The fraction of sp³-hybridized carbons (Fsp3) is 0.846. The molecule has 2 aliphatic carbocycles. The van der Waals surface area contributed by atoms with Gasteiger partial charge in [-0.15, -0.1) is 0 Å². The van der Waals surface area contributed by atoms with Gasteiger partial charge in [-0.25, -0.2) is 0 Å². The van der Waals surface area contributed by atoms with Gasteiger partial charge in [0, 0.05) is 0 Å². The zero-order chi connectivity index (χ0) is 10.1. The molecule has 1 saturated carbocycles. The van der Waals surface area contributed by atoms with Crippen molar-refractivity contribution >= 4 is 0 Å². The van der Waals surface area contributed by atoms with Gasteiger partial charge in [-0.2, -0.15) is 0 Å². The minimum atomic E-state index is -0.0187. The van der Waals surface area contributed by atoms with Crippen molar-refractivity contribution in [2.45, 2.75) is 52.1 Å². The molecule has 1 heteroatoms. The van der Waals surface area contributed by atoms with Crippen molar-refractivity contribution in [3.05, 3.63) is 11.6 Å². The monoisotopic (exact) mass is 194 g/mol. The van der Waals surface area contributed by atoms with E-state index in [1.165, 1.54) is 31.3 Å². The van der Waals surface area contributed by atoms with E-state index < -0.39 is 0 Å². The summed E-state index contributed by atoms with van der Waals surface area (Å²) in [6.07, 6.45) is 8.51.